The second-order valence-electron chi connectivity index (χ2n) is 14.3. The van der Waals surface area contributed by atoms with E-state index in [1.807, 2.05) is 49.4 Å². The Hall–Kier alpha value is -5.18. The van der Waals surface area contributed by atoms with Crippen LogP contribution in [0.15, 0.2) is 102 Å². The van der Waals surface area contributed by atoms with Gasteiger partial charge in [-0.25, -0.2) is 4.39 Å². The molecule has 0 saturated heterocycles. The zero-order chi connectivity index (χ0) is 36.0. The fraction of sp³-hybridized carbons (Fsp3) is 0.357. The van der Waals surface area contributed by atoms with Crippen LogP contribution in [0.25, 0.3) is 10.8 Å². The van der Waals surface area contributed by atoms with Crippen LogP contribution in [0.3, 0.4) is 0 Å². The summed E-state index contributed by atoms with van der Waals surface area (Å²) >= 11 is 0. The average molecular weight is 693 g/mol. The fourth-order valence-electron chi connectivity index (χ4n) is 6.89. The maximum Gasteiger partial charge on any atom is 0.312 e. The molecule has 3 aliphatic carbocycles. The largest absolute Gasteiger partial charge is 0.496 e. The predicted molar refractivity (Wildman–Crippen MR) is 195 cm³/mol. The molecule has 3 aliphatic rings. The lowest BCUT2D eigenvalue weighted by Crippen LogP contribution is -2.41. The van der Waals surface area contributed by atoms with Crippen LogP contribution < -0.4 is 20.1 Å². The second kappa shape index (κ2) is 15.4. The predicted octanol–water partition coefficient (Wildman–Crippen LogP) is 8.03. The molecule has 6 rings (SSSR count). The molecule has 0 aliphatic heterocycles. The highest BCUT2D eigenvalue weighted by Gasteiger charge is 2.40. The number of ether oxygens (including phenoxy) is 3. The van der Waals surface area contributed by atoms with Crippen LogP contribution in [0.4, 0.5) is 4.39 Å². The number of halogens is 1. The number of methoxy groups -OCH3 is 1. The molecule has 51 heavy (non-hydrogen) atoms. The summed E-state index contributed by atoms with van der Waals surface area (Å²) in [4.78, 5) is 40.3. The van der Waals surface area contributed by atoms with Crippen molar-refractivity contribution < 1.29 is 33.0 Å². The van der Waals surface area contributed by atoms with E-state index in [4.69, 9.17) is 14.2 Å². The zero-order valence-electron chi connectivity index (χ0n) is 29.4. The van der Waals surface area contributed by atoms with Crippen molar-refractivity contribution >= 4 is 28.6 Å². The monoisotopic (exact) mass is 692 g/mol. The molecule has 0 atom stereocenters. The first-order chi connectivity index (χ1) is 24.6. The molecule has 8 nitrogen and oxygen atoms in total. The van der Waals surface area contributed by atoms with Crippen LogP contribution in [0.2, 0.25) is 0 Å². The van der Waals surface area contributed by atoms with E-state index in [2.05, 4.69) is 17.6 Å². The second-order valence-corrected chi connectivity index (χ2v) is 14.3. The van der Waals surface area contributed by atoms with Crippen molar-refractivity contribution in [2.75, 3.05) is 13.7 Å². The number of allylic oxidation sites excluding steroid dienone is 6. The first kappa shape index (κ1) is 35.6. The molecule has 0 aromatic heterocycles. The lowest BCUT2D eigenvalue weighted by molar-refractivity contribution is -0.159. The van der Waals surface area contributed by atoms with E-state index >= 15 is 4.39 Å². The minimum Gasteiger partial charge on any atom is -0.496 e. The van der Waals surface area contributed by atoms with Crippen molar-refractivity contribution in [2.45, 2.75) is 71.5 Å². The van der Waals surface area contributed by atoms with E-state index in [-0.39, 0.29) is 47.1 Å². The summed E-state index contributed by atoms with van der Waals surface area (Å²) in [6.45, 7) is 4.78. The molecular weight excluding hydrogens is 647 g/mol. The standard InChI is InChI=1S/C42H45FN2O6/c1-41(20-11-21-41)27-44-38(46)32-16-6-4-5-7-17-35(32)45-39(47)33-24-37(34(43)25-36(33)49-3)51-30-18-22-42(2,23-19-30)40(48)50-26-29-14-10-13-28-12-8-9-15-31(28)29/h4-10,12-17,24-25,30H,11,18-23,26-27H2,1-3H3,(H,44,46)(H,45,47)/b5-4?,6-4-,7-5-,16-6?,17-7?,32-16?,35-17?,35-32?. The van der Waals surface area contributed by atoms with Crippen molar-refractivity contribution in [1.29, 1.82) is 0 Å². The van der Waals surface area contributed by atoms with Crippen molar-refractivity contribution in [3.8, 4) is 11.5 Å². The number of esters is 1. The Labute approximate surface area is 298 Å². The van der Waals surface area contributed by atoms with Crippen LogP contribution in [0.1, 0.15) is 74.7 Å². The van der Waals surface area contributed by atoms with Crippen LogP contribution in [-0.2, 0) is 20.9 Å². The summed E-state index contributed by atoms with van der Waals surface area (Å²) in [5.41, 5.74) is 0.975. The molecule has 2 fully saturated rings. The van der Waals surface area contributed by atoms with Gasteiger partial charge in [-0.3, -0.25) is 14.4 Å². The highest BCUT2D eigenvalue weighted by Crippen LogP contribution is 2.41. The van der Waals surface area contributed by atoms with Crippen molar-refractivity contribution in [3.63, 3.8) is 0 Å². The number of hydrogen-bond donors (Lipinski definition) is 2. The molecule has 0 heterocycles. The van der Waals surface area contributed by atoms with Crippen molar-refractivity contribution in [2.24, 2.45) is 10.8 Å². The average Bonchev–Trinajstić information content (AvgIpc) is 3.11. The summed E-state index contributed by atoms with van der Waals surface area (Å²) in [6, 6.07) is 16.4. The maximum absolute atomic E-state index is 15.3. The summed E-state index contributed by atoms with van der Waals surface area (Å²) in [5.74, 6) is -1.89. The van der Waals surface area contributed by atoms with E-state index in [1.54, 1.807) is 36.5 Å². The maximum atomic E-state index is 15.3. The number of carbonyl (C=O) groups is 3. The van der Waals surface area contributed by atoms with Gasteiger partial charge in [0.1, 0.15) is 12.4 Å². The van der Waals surface area contributed by atoms with Crippen molar-refractivity contribution in [1.82, 2.24) is 10.6 Å². The first-order valence-corrected chi connectivity index (χ1v) is 17.6. The van der Waals surface area contributed by atoms with E-state index in [1.165, 1.54) is 13.2 Å². The Morgan fingerprint density at radius 1 is 0.863 bits per heavy atom. The molecule has 2 amide bonds. The number of carbonyl (C=O) groups excluding carboxylic acids is 3. The molecule has 3 aromatic carbocycles. The number of rotatable bonds is 11. The molecule has 3 aromatic rings. The summed E-state index contributed by atoms with van der Waals surface area (Å²) in [6.07, 6.45) is 15.3. The Kier molecular flexibility index (Phi) is 10.7. The third kappa shape index (κ3) is 8.25. The lowest BCUT2D eigenvalue weighted by Gasteiger charge is -2.38. The number of nitrogens with one attached hydrogen (secondary N) is 2. The molecule has 0 unspecified atom stereocenters. The van der Waals surface area contributed by atoms with E-state index in [0.29, 0.717) is 43.5 Å². The van der Waals surface area contributed by atoms with Gasteiger partial charge in [-0.1, -0.05) is 80.1 Å². The van der Waals surface area contributed by atoms with Crippen LogP contribution >= 0.6 is 0 Å². The third-order valence-corrected chi connectivity index (χ3v) is 10.4. The van der Waals surface area contributed by atoms with E-state index in [9.17, 15) is 14.4 Å². The van der Waals surface area contributed by atoms with Gasteiger partial charge in [-0.15, -0.1) is 0 Å². The van der Waals surface area contributed by atoms with Gasteiger partial charge in [0.25, 0.3) is 11.8 Å². The van der Waals surface area contributed by atoms with Gasteiger partial charge >= 0.3 is 5.97 Å². The van der Waals surface area contributed by atoms with Gasteiger partial charge in [0.05, 0.1) is 35.5 Å². The van der Waals surface area contributed by atoms with Gasteiger partial charge in [0.15, 0.2) is 11.6 Å². The SMILES string of the molecule is COc1cc(F)c(OC2CCC(C)(C(=O)OCc3cccc4ccccc34)CC2)cc1C(=O)NC1=C/C=C\C=C/C=C1C(=O)NCC1(C)CCC1. The summed E-state index contributed by atoms with van der Waals surface area (Å²) < 4.78 is 32.6. The molecule has 9 heteroatoms. The Morgan fingerprint density at radius 3 is 2.31 bits per heavy atom. The summed E-state index contributed by atoms with van der Waals surface area (Å²) in [5, 5.41) is 8.00. The van der Waals surface area contributed by atoms with Gasteiger partial charge in [0.2, 0.25) is 0 Å². The van der Waals surface area contributed by atoms with Crippen LogP contribution in [0.5, 0.6) is 11.5 Å². The quantitative estimate of drug-likeness (QED) is 0.197. The molecule has 0 spiro atoms. The molecule has 0 bridgehead atoms. The van der Waals surface area contributed by atoms with Crippen LogP contribution in [-0.4, -0.2) is 37.5 Å². The summed E-state index contributed by atoms with van der Waals surface area (Å²) in [7, 11) is 1.36. The highest BCUT2D eigenvalue weighted by molar-refractivity contribution is 6.03. The smallest absolute Gasteiger partial charge is 0.312 e. The molecule has 0 radical (unpaired) electrons. The minimum atomic E-state index is -0.698. The topological polar surface area (TPSA) is 103 Å². The fourth-order valence-corrected chi connectivity index (χ4v) is 6.89. The first-order valence-electron chi connectivity index (χ1n) is 17.6. The molecular formula is C42H45FN2O6. The van der Waals surface area contributed by atoms with E-state index < -0.39 is 17.1 Å². The highest BCUT2D eigenvalue weighted by atomic mass is 19.1. The number of fused-ring (bicyclic) bond motifs is 1. The van der Waals surface area contributed by atoms with Gasteiger partial charge in [0, 0.05) is 12.6 Å². The Bertz CT molecular complexity index is 1930. The molecule has 266 valence electrons. The van der Waals surface area contributed by atoms with Gasteiger partial charge < -0.3 is 24.8 Å². The molecule has 2 N–H and O–H groups in total. The molecule has 2 saturated carbocycles. The normalized spacial score (nSPS) is 22.2. The lowest BCUT2D eigenvalue weighted by atomic mass is 9.70. The third-order valence-electron chi connectivity index (χ3n) is 10.4. The van der Waals surface area contributed by atoms with E-state index in [0.717, 1.165) is 41.7 Å². The number of hydrogen-bond acceptors (Lipinski definition) is 6. The van der Waals surface area contributed by atoms with Gasteiger partial charge in [-0.05, 0) is 85.4 Å². The number of benzene rings is 3. The van der Waals surface area contributed by atoms with Crippen molar-refractivity contribution in [3.05, 3.63) is 119 Å². The van der Waals surface area contributed by atoms with Crippen LogP contribution in [0, 0.1) is 16.6 Å². The Morgan fingerprint density at radius 2 is 1.59 bits per heavy atom. The number of amides is 2. The van der Waals surface area contributed by atoms with Gasteiger partial charge in [-0.2, -0.15) is 0 Å². The zero-order valence-corrected chi connectivity index (χ0v) is 29.4. The Balaban J connectivity index is 1.10. The minimum absolute atomic E-state index is 0.0253.